The van der Waals surface area contributed by atoms with Crippen molar-refractivity contribution in [3.63, 3.8) is 0 Å². The van der Waals surface area contributed by atoms with Crippen molar-refractivity contribution in [2.45, 2.75) is 19.5 Å². The zero-order valence-electron chi connectivity index (χ0n) is 7.98. The summed E-state index contributed by atoms with van der Waals surface area (Å²) in [7, 11) is 0. The first kappa shape index (κ1) is 11.5. The van der Waals surface area contributed by atoms with Gasteiger partial charge in [0.25, 0.3) is 5.56 Å². The van der Waals surface area contributed by atoms with Crippen molar-refractivity contribution in [2.75, 3.05) is 11.9 Å². The van der Waals surface area contributed by atoms with E-state index in [0.717, 1.165) is 6.07 Å². The van der Waals surface area contributed by atoms with Crippen molar-refractivity contribution in [1.82, 2.24) is 9.97 Å². The summed E-state index contributed by atoms with van der Waals surface area (Å²) >= 11 is 0. The molecular weight excluding hydrogens is 211 g/mol. The van der Waals surface area contributed by atoms with Gasteiger partial charge in [-0.15, -0.1) is 0 Å². The quantitative estimate of drug-likeness (QED) is 0.812. The second-order valence-corrected chi connectivity index (χ2v) is 3.01. The zero-order valence-corrected chi connectivity index (χ0v) is 7.98. The first-order chi connectivity index (χ1) is 6.87. The van der Waals surface area contributed by atoms with Crippen LogP contribution in [0.4, 0.5) is 19.0 Å². The molecule has 7 heteroatoms. The maximum Gasteiger partial charge on any atom is 0.390 e. The molecule has 1 heterocycles. The highest BCUT2D eigenvalue weighted by atomic mass is 19.4. The Hall–Kier alpha value is -1.53. The number of rotatable bonds is 3. The molecule has 84 valence electrons. The van der Waals surface area contributed by atoms with Gasteiger partial charge in [-0.05, 0) is 6.92 Å². The van der Waals surface area contributed by atoms with E-state index in [1.165, 1.54) is 0 Å². The minimum absolute atomic E-state index is 0.153. The summed E-state index contributed by atoms with van der Waals surface area (Å²) in [5, 5.41) is 2.43. The second kappa shape index (κ2) is 4.33. The monoisotopic (exact) mass is 221 g/mol. The summed E-state index contributed by atoms with van der Waals surface area (Å²) in [6.45, 7) is 1.26. The molecule has 2 N–H and O–H groups in total. The van der Waals surface area contributed by atoms with Crippen molar-refractivity contribution in [3.05, 3.63) is 22.2 Å². The Labute approximate surface area is 83.5 Å². The van der Waals surface area contributed by atoms with Crippen LogP contribution in [0, 0.1) is 6.92 Å². The number of H-pyrrole nitrogens is 1. The summed E-state index contributed by atoms with van der Waals surface area (Å²) in [6, 6.07) is 1.11. The van der Waals surface area contributed by atoms with E-state index in [1.54, 1.807) is 6.92 Å². The van der Waals surface area contributed by atoms with Crippen LogP contribution >= 0.6 is 0 Å². The standard InChI is InChI=1S/C8H10F3N3O/c1-5-13-6(4-7(15)14-5)12-3-2-8(9,10)11/h4H,2-3H2,1H3,(H2,12,13,14,15). The first-order valence-electron chi connectivity index (χ1n) is 4.25. The highest BCUT2D eigenvalue weighted by Gasteiger charge is 2.26. The highest BCUT2D eigenvalue weighted by Crippen LogP contribution is 2.18. The number of halogens is 3. The lowest BCUT2D eigenvalue weighted by atomic mass is 10.4. The van der Waals surface area contributed by atoms with Crippen LogP contribution in [-0.2, 0) is 0 Å². The Bertz CT molecular complexity index is 385. The molecule has 1 aromatic heterocycles. The molecular formula is C8H10F3N3O. The highest BCUT2D eigenvalue weighted by molar-refractivity contribution is 5.32. The Kier molecular flexibility index (Phi) is 3.33. The minimum atomic E-state index is -4.21. The average Bonchev–Trinajstić information content (AvgIpc) is 1.99. The largest absolute Gasteiger partial charge is 0.390 e. The van der Waals surface area contributed by atoms with Crippen molar-refractivity contribution in [2.24, 2.45) is 0 Å². The van der Waals surface area contributed by atoms with Gasteiger partial charge in [0.15, 0.2) is 0 Å². The maximum atomic E-state index is 11.8. The molecule has 1 rings (SSSR count). The normalized spacial score (nSPS) is 11.5. The number of anilines is 1. The first-order valence-corrected chi connectivity index (χ1v) is 4.25. The summed E-state index contributed by atoms with van der Waals surface area (Å²) in [6.07, 6.45) is -5.16. The fourth-order valence-corrected chi connectivity index (χ4v) is 1.00. The lowest BCUT2D eigenvalue weighted by Crippen LogP contribution is -2.17. The number of hydrogen-bond acceptors (Lipinski definition) is 3. The van der Waals surface area contributed by atoms with Crippen molar-refractivity contribution >= 4 is 5.82 Å². The summed E-state index contributed by atoms with van der Waals surface area (Å²) in [5.74, 6) is 0.512. The third kappa shape index (κ3) is 4.48. The van der Waals surface area contributed by atoms with Gasteiger partial charge < -0.3 is 10.3 Å². The molecule has 0 radical (unpaired) electrons. The zero-order chi connectivity index (χ0) is 11.5. The molecule has 0 unspecified atom stereocenters. The van der Waals surface area contributed by atoms with Crippen LogP contribution in [0.15, 0.2) is 10.9 Å². The van der Waals surface area contributed by atoms with E-state index in [0.29, 0.717) is 5.82 Å². The molecule has 0 aliphatic rings. The van der Waals surface area contributed by atoms with Crippen LogP contribution in [-0.4, -0.2) is 22.7 Å². The molecule has 0 aliphatic heterocycles. The van der Waals surface area contributed by atoms with Gasteiger partial charge in [0, 0.05) is 12.6 Å². The second-order valence-electron chi connectivity index (χ2n) is 3.01. The predicted molar refractivity (Wildman–Crippen MR) is 48.8 cm³/mol. The summed E-state index contributed by atoms with van der Waals surface area (Å²) in [4.78, 5) is 17.1. The molecule has 0 atom stereocenters. The molecule has 15 heavy (non-hydrogen) atoms. The van der Waals surface area contributed by atoms with E-state index in [4.69, 9.17) is 0 Å². The van der Waals surface area contributed by atoms with Crippen molar-refractivity contribution in [1.29, 1.82) is 0 Å². The van der Waals surface area contributed by atoms with Gasteiger partial charge in [0.1, 0.15) is 11.6 Å². The molecule has 1 aromatic rings. The number of alkyl halides is 3. The van der Waals surface area contributed by atoms with Crippen molar-refractivity contribution in [3.8, 4) is 0 Å². The molecule has 0 spiro atoms. The van der Waals surface area contributed by atoms with E-state index in [-0.39, 0.29) is 12.4 Å². The molecule has 4 nitrogen and oxygen atoms in total. The topological polar surface area (TPSA) is 57.8 Å². The smallest absolute Gasteiger partial charge is 0.370 e. The van der Waals surface area contributed by atoms with Crippen LogP contribution in [0.3, 0.4) is 0 Å². The van der Waals surface area contributed by atoms with Gasteiger partial charge in [0.05, 0.1) is 6.42 Å². The van der Waals surface area contributed by atoms with Gasteiger partial charge in [-0.3, -0.25) is 4.79 Å². The molecule has 0 amide bonds. The number of hydrogen-bond donors (Lipinski definition) is 2. The van der Waals surface area contributed by atoms with Gasteiger partial charge in [-0.25, -0.2) is 4.98 Å². The maximum absolute atomic E-state index is 11.8. The van der Waals surface area contributed by atoms with E-state index >= 15 is 0 Å². The molecule has 0 saturated carbocycles. The third-order valence-corrected chi connectivity index (χ3v) is 1.57. The van der Waals surface area contributed by atoms with Crippen LogP contribution in [0.2, 0.25) is 0 Å². The number of aromatic nitrogens is 2. The molecule has 0 fully saturated rings. The van der Waals surface area contributed by atoms with E-state index in [2.05, 4.69) is 15.3 Å². The minimum Gasteiger partial charge on any atom is -0.370 e. The lowest BCUT2D eigenvalue weighted by Gasteiger charge is -2.07. The van der Waals surface area contributed by atoms with Gasteiger partial charge in [-0.2, -0.15) is 13.2 Å². The average molecular weight is 221 g/mol. The Morgan fingerprint density at radius 2 is 2.20 bits per heavy atom. The molecule has 0 bridgehead atoms. The predicted octanol–water partition coefficient (Wildman–Crippen LogP) is 1.44. The van der Waals surface area contributed by atoms with E-state index in [9.17, 15) is 18.0 Å². The van der Waals surface area contributed by atoms with Crippen molar-refractivity contribution < 1.29 is 13.2 Å². The van der Waals surface area contributed by atoms with E-state index in [1.807, 2.05) is 0 Å². The van der Waals surface area contributed by atoms with Gasteiger partial charge >= 0.3 is 6.18 Å². The van der Waals surface area contributed by atoms with Crippen LogP contribution < -0.4 is 10.9 Å². The van der Waals surface area contributed by atoms with Crippen LogP contribution in [0.5, 0.6) is 0 Å². The number of aromatic amines is 1. The number of nitrogens with zero attached hydrogens (tertiary/aromatic N) is 1. The molecule has 0 aromatic carbocycles. The Balaban J connectivity index is 2.55. The third-order valence-electron chi connectivity index (χ3n) is 1.57. The molecule has 0 saturated heterocycles. The van der Waals surface area contributed by atoms with E-state index < -0.39 is 18.2 Å². The van der Waals surface area contributed by atoms with Crippen LogP contribution in [0.1, 0.15) is 12.2 Å². The Morgan fingerprint density at radius 3 is 2.73 bits per heavy atom. The number of nitrogens with one attached hydrogen (secondary N) is 2. The Morgan fingerprint density at radius 1 is 1.53 bits per heavy atom. The fourth-order valence-electron chi connectivity index (χ4n) is 1.00. The lowest BCUT2D eigenvalue weighted by molar-refractivity contribution is -0.131. The number of aryl methyl sites for hydroxylation is 1. The fraction of sp³-hybridized carbons (Fsp3) is 0.500. The van der Waals surface area contributed by atoms with Crippen LogP contribution in [0.25, 0.3) is 0 Å². The summed E-state index contributed by atoms with van der Waals surface area (Å²) in [5.41, 5.74) is -0.392. The van der Waals surface area contributed by atoms with Gasteiger partial charge in [0.2, 0.25) is 0 Å². The molecule has 0 aliphatic carbocycles. The SMILES string of the molecule is Cc1nc(NCCC(F)(F)F)cc(=O)[nH]1. The van der Waals surface area contributed by atoms with Gasteiger partial charge in [-0.1, -0.05) is 0 Å². The summed E-state index contributed by atoms with van der Waals surface area (Å²) < 4.78 is 35.4.